The quantitative estimate of drug-likeness (QED) is 0.468. The van der Waals surface area contributed by atoms with E-state index in [-0.39, 0.29) is 6.04 Å². The Morgan fingerprint density at radius 2 is 1.07 bits per heavy atom. The molecular formula is C24H29BrNP. The van der Waals surface area contributed by atoms with Gasteiger partial charge in [0.2, 0.25) is 0 Å². The van der Waals surface area contributed by atoms with Crippen LogP contribution in [0.25, 0.3) is 0 Å². The van der Waals surface area contributed by atoms with Crippen molar-refractivity contribution < 1.29 is 0 Å². The molecule has 3 rings (SSSR count). The van der Waals surface area contributed by atoms with Crippen LogP contribution in [0.1, 0.15) is 26.2 Å². The average Bonchev–Trinajstić information content (AvgIpc) is 2.74. The van der Waals surface area contributed by atoms with Gasteiger partial charge in [-0.05, 0) is 0 Å². The first-order valence-corrected chi connectivity index (χ1v) is 14.2. The van der Waals surface area contributed by atoms with Gasteiger partial charge in [0.05, 0.1) is 0 Å². The van der Waals surface area contributed by atoms with Gasteiger partial charge >= 0.3 is 172 Å². The van der Waals surface area contributed by atoms with E-state index in [1.807, 2.05) is 0 Å². The molecule has 142 valence electrons. The molecule has 2 N–H and O–H groups in total. The van der Waals surface area contributed by atoms with Crippen LogP contribution in [0.15, 0.2) is 91.0 Å². The van der Waals surface area contributed by atoms with Crippen LogP contribution in [0.5, 0.6) is 0 Å². The Morgan fingerprint density at radius 3 is 1.41 bits per heavy atom. The molecule has 27 heavy (non-hydrogen) atoms. The van der Waals surface area contributed by atoms with E-state index >= 15 is 0 Å². The van der Waals surface area contributed by atoms with Crippen molar-refractivity contribution in [2.75, 3.05) is 6.16 Å². The summed E-state index contributed by atoms with van der Waals surface area (Å²) in [7, 11) is 0. The zero-order valence-corrected chi connectivity index (χ0v) is 18.4. The Labute approximate surface area is 171 Å². The van der Waals surface area contributed by atoms with Crippen LogP contribution in [0.3, 0.4) is 0 Å². The monoisotopic (exact) mass is 441 g/mol. The third-order valence-corrected chi connectivity index (χ3v) is 15.4. The molecule has 1 nitrogen and oxygen atoms in total. The molecular weight excluding hydrogens is 413 g/mol. The second-order valence-electron chi connectivity index (χ2n) is 7.25. The molecule has 0 bridgehead atoms. The zero-order valence-electron chi connectivity index (χ0n) is 16.0. The van der Waals surface area contributed by atoms with Gasteiger partial charge in [-0.1, -0.05) is 0 Å². The summed E-state index contributed by atoms with van der Waals surface area (Å²) in [5.74, 6) is 0. The van der Waals surface area contributed by atoms with Gasteiger partial charge in [0.1, 0.15) is 0 Å². The van der Waals surface area contributed by atoms with Crippen LogP contribution in [0, 0.1) is 0 Å². The average molecular weight is 442 g/mol. The first-order valence-electron chi connectivity index (χ1n) is 9.75. The van der Waals surface area contributed by atoms with Crippen molar-refractivity contribution >= 4 is 36.7 Å². The summed E-state index contributed by atoms with van der Waals surface area (Å²) in [6.07, 6.45) is 4.21. The van der Waals surface area contributed by atoms with E-state index in [9.17, 15) is 0 Å². The SMILES string of the molecule is CCCC(N)CCP(Br)(c1ccccc1)(c1ccccc1)c1ccccc1. The summed E-state index contributed by atoms with van der Waals surface area (Å²) in [6, 6.07) is 33.1. The molecule has 1 atom stereocenters. The molecule has 0 aliphatic rings. The van der Waals surface area contributed by atoms with Crippen LogP contribution in [-0.4, -0.2) is 12.2 Å². The van der Waals surface area contributed by atoms with Gasteiger partial charge in [0.15, 0.2) is 0 Å². The minimum atomic E-state index is -2.80. The van der Waals surface area contributed by atoms with E-state index in [2.05, 4.69) is 113 Å². The maximum atomic E-state index is 6.48. The van der Waals surface area contributed by atoms with Gasteiger partial charge < -0.3 is 0 Å². The molecule has 0 aliphatic heterocycles. The predicted molar refractivity (Wildman–Crippen MR) is 126 cm³/mol. The Bertz CT molecular complexity index is 737. The summed E-state index contributed by atoms with van der Waals surface area (Å²) in [6.45, 7) is 2.21. The van der Waals surface area contributed by atoms with Crippen molar-refractivity contribution in [3.63, 3.8) is 0 Å². The van der Waals surface area contributed by atoms with E-state index in [0.717, 1.165) is 25.4 Å². The van der Waals surface area contributed by atoms with E-state index in [1.165, 1.54) is 15.9 Å². The van der Waals surface area contributed by atoms with Gasteiger partial charge in [-0.3, -0.25) is 0 Å². The molecule has 3 aromatic carbocycles. The van der Waals surface area contributed by atoms with E-state index < -0.39 is 5.31 Å². The van der Waals surface area contributed by atoms with Crippen molar-refractivity contribution in [1.82, 2.24) is 0 Å². The Morgan fingerprint density at radius 1 is 0.704 bits per heavy atom. The molecule has 0 radical (unpaired) electrons. The number of nitrogens with two attached hydrogens (primary N) is 1. The first kappa shape index (κ1) is 20.3. The minimum absolute atomic E-state index is 0.227. The molecule has 0 saturated carbocycles. The van der Waals surface area contributed by atoms with Crippen molar-refractivity contribution in [3.8, 4) is 0 Å². The van der Waals surface area contributed by atoms with Gasteiger partial charge in [-0.25, -0.2) is 0 Å². The van der Waals surface area contributed by atoms with Gasteiger partial charge in [0, 0.05) is 0 Å². The van der Waals surface area contributed by atoms with Crippen LogP contribution < -0.4 is 21.6 Å². The number of benzene rings is 3. The molecule has 1 unspecified atom stereocenters. The zero-order chi connectivity index (χ0) is 19.2. The standard InChI is InChI=1S/C24H29BrNP/c1-2-12-21(26)19-20-27(25,22-13-6-3-7-14-22,23-15-8-4-9-16-23)24-17-10-5-11-18-24/h3-11,13-18,21H,2,12,19-20,26H2,1H3. The van der Waals surface area contributed by atoms with Crippen LogP contribution >= 0.6 is 20.8 Å². The second kappa shape index (κ2) is 8.69. The van der Waals surface area contributed by atoms with Gasteiger partial charge in [0.25, 0.3) is 0 Å². The summed E-state index contributed by atoms with van der Waals surface area (Å²) in [5, 5.41) is 1.30. The number of rotatable bonds is 8. The first-order chi connectivity index (χ1) is 13.1. The van der Waals surface area contributed by atoms with E-state index in [4.69, 9.17) is 5.73 Å². The molecule has 3 aromatic rings. The fourth-order valence-electron chi connectivity index (χ4n) is 3.97. The van der Waals surface area contributed by atoms with Crippen molar-refractivity contribution in [2.45, 2.75) is 32.2 Å². The predicted octanol–water partition coefficient (Wildman–Crippen LogP) is 5.34. The Hall–Kier alpha value is -1.47. The van der Waals surface area contributed by atoms with Crippen LogP contribution in [-0.2, 0) is 0 Å². The van der Waals surface area contributed by atoms with E-state index in [1.54, 1.807) is 0 Å². The fraction of sp³-hybridized carbons (Fsp3) is 0.250. The third-order valence-electron chi connectivity index (χ3n) is 5.46. The number of hydrogen-bond donors (Lipinski definition) is 1. The van der Waals surface area contributed by atoms with Crippen LogP contribution in [0.2, 0.25) is 0 Å². The topological polar surface area (TPSA) is 26.0 Å². The van der Waals surface area contributed by atoms with Crippen molar-refractivity contribution in [3.05, 3.63) is 91.0 Å². The van der Waals surface area contributed by atoms with Crippen LogP contribution in [0.4, 0.5) is 0 Å². The Balaban J connectivity index is 2.26. The molecule has 0 fully saturated rings. The fourth-order valence-corrected chi connectivity index (χ4v) is 11.6. The van der Waals surface area contributed by atoms with Gasteiger partial charge in [-0.15, -0.1) is 0 Å². The summed E-state index contributed by atoms with van der Waals surface area (Å²) in [4.78, 5) is 0. The maximum absolute atomic E-state index is 6.48. The molecule has 0 heterocycles. The van der Waals surface area contributed by atoms with E-state index in [0.29, 0.717) is 0 Å². The normalized spacial score (nSPS) is 14.3. The molecule has 0 saturated heterocycles. The molecule has 3 heteroatoms. The molecule has 0 aromatic heterocycles. The Kier molecular flexibility index (Phi) is 6.52. The van der Waals surface area contributed by atoms with Gasteiger partial charge in [-0.2, -0.15) is 0 Å². The summed E-state index contributed by atoms with van der Waals surface area (Å²) < 4.78 is 0. The third kappa shape index (κ3) is 3.90. The molecule has 0 amide bonds. The number of halogens is 1. The number of hydrogen-bond acceptors (Lipinski definition) is 1. The summed E-state index contributed by atoms with van der Waals surface area (Å²) in [5.41, 5.74) is 6.48. The summed E-state index contributed by atoms with van der Waals surface area (Å²) >= 11 is 4.47. The second-order valence-corrected chi connectivity index (χ2v) is 16.3. The van der Waals surface area contributed by atoms with Crippen molar-refractivity contribution in [2.24, 2.45) is 5.73 Å². The molecule has 0 spiro atoms. The molecule has 0 aliphatic carbocycles. The van der Waals surface area contributed by atoms with Crippen molar-refractivity contribution in [1.29, 1.82) is 0 Å².